The summed E-state index contributed by atoms with van der Waals surface area (Å²) >= 11 is 4.14. The SMILES string of the molecule is O=C1S/C(=C\c2cc(N=Nc3cccc(C(F)(F)F)c3)ccc2O)C(=O)N1Cc1ccccc1Br. The average molecular weight is 562 g/mol. The number of phenols is 1. The van der Waals surface area contributed by atoms with Crippen LogP contribution in [0.4, 0.5) is 29.3 Å². The Morgan fingerprint density at radius 3 is 2.40 bits per heavy atom. The van der Waals surface area contributed by atoms with Crippen molar-refractivity contribution in [1.82, 2.24) is 4.90 Å². The van der Waals surface area contributed by atoms with Gasteiger partial charge in [0.05, 0.1) is 28.4 Å². The molecule has 0 radical (unpaired) electrons. The van der Waals surface area contributed by atoms with Gasteiger partial charge in [-0.1, -0.05) is 40.2 Å². The van der Waals surface area contributed by atoms with E-state index in [1.165, 1.54) is 36.4 Å². The fourth-order valence-electron chi connectivity index (χ4n) is 3.15. The number of halogens is 4. The second-order valence-corrected chi connectivity index (χ2v) is 9.20. The largest absolute Gasteiger partial charge is 0.507 e. The molecule has 1 heterocycles. The van der Waals surface area contributed by atoms with E-state index in [4.69, 9.17) is 0 Å². The van der Waals surface area contributed by atoms with Gasteiger partial charge in [-0.2, -0.15) is 23.4 Å². The number of amides is 2. The monoisotopic (exact) mass is 561 g/mol. The number of imide groups is 1. The van der Waals surface area contributed by atoms with Crippen LogP contribution in [0.5, 0.6) is 5.75 Å². The van der Waals surface area contributed by atoms with Crippen molar-refractivity contribution in [1.29, 1.82) is 0 Å². The molecule has 4 rings (SSSR count). The third-order valence-corrected chi connectivity index (χ3v) is 6.59. The van der Waals surface area contributed by atoms with Crippen molar-refractivity contribution < 1.29 is 27.9 Å². The summed E-state index contributed by atoms with van der Waals surface area (Å²) in [5.41, 5.74) is 0.355. The highest BCUT2D eigenvalue weighted by Gasteiger charge is 2.35. The number of rotatable bonds is 5. The lowest BCUT2D eigenvalue weighted by Crippen LogP contribution is -2.27. The molecule has 0 atom stereocenters. The first kappa shape index (κ1) is 24.7. The van der Waals surface area contributed by atoms with E-state index in [0.717, 1.165) is 38.8 Å². The Balaban J connectivity index is 1.56. The summed E-state index contributed by atoms with van der Waals surface area (Å²) < 4.78 is 39.4. The standard InChI is InChI=1S/C24H15BrF3N3O3S/c25-19-7-2-1-4-14(19)13-31-22(33)21(35-23(31)34)11-15-10-18(8-9-20(15)32)30-29-17-6-3-5-16(12-17)24(26,27)28/h1-12,32H,13H2/b21-11-,30-29?. The van der Waals surface area contributed by atoms with Gasteiger partial charge in [-0.15, -0.1) is 0 Å². The van der Waals surface area contributed by atoms with E-state index in [1.807, 2.05) is 12.1 Å². The second-order valence-electron chi connectivity index (χ2n) is 7.35. The predicted molar refractivity (Wildman–Crippen MR) is 129 cm³/mol. The van der Waals surface area contributed by atoms with E-state index in [-0.39, 0.29) is 34.1 Å². The van der Waals surface area contributed by atoms with Crippen molar-refractivity contribution in [3.63, 3.8) is 0 Å². The zero-order valence-electron chi connectivity index (χ0n) is 17.7. The van der Waals surface area contributed by atoms with E-state index in [1.54, 1.807) is 12.1 Å². The van der Waals surface area contributed by atoms with Crippen LogP contribution in [0, 0.1) is 0 Å². The fraction of sp³-hybridized carbons (Fsp3) is 0.0833. The van der Waals surface area contributed by atoms with Gasteiger partial charge in [-0.25, -0.2) is 0 Å². The molecule has 1 fully saturated rings. The summed E-state index contributed by atoms with van der Waals surface area (Å²) in [5, 5.41) is 17.5. The van der Waals surface area contributed by atoms with Gasteiger partial charge < -0.3 is 5.11 Å². The highest BCUT2D eigenvalue weighted by molar-refractivity contribution is 9.10. The van der Waals surface area contributed by atoms with E-state index in [9.17, 15) is 27.9 Å². The maximum absolute atomic E-state index is 12.9. The highest BCUT2D eigenvalue weighted by Crippen LogP contribution is 2.37. The van der Waals surface area contributed by atoms with Gasteiger partial charge >= 0.3 is 6.18 Å². The number of hydrogen-bond acceptors (Lipinski definition) is 6. The normalized spacial score (nSPS) is 15.5. The smallest absolute Gasteiger partial charge is 0.416 e. The summed E-state index contributed by atoms with van der Waals surface area (Å²) in [7, 11) is 0. The van der Waals surface area contributed by atoms with Crippen molar-refractivity contribution in [2.45, 2.75) is 12.7 Å². The molecule has 0 aliphatic carbocycles. The van der Waals surface area contributed by atoms with E-state index in [0.29, 0.717) is 0 Å². The highest BCUT2D eigenvalue weighted by atomic mass is 79.9. The number of aromatic hydroxyl groups is 1. The van der Waals surface area contributed by atoms with Gasteiger partial charge in [0.25, 0.3) is 11.1 Å². The Morgan fingerprint density at radius 1 is 0.971 bits per heavy atom. The second kappa shape index (κ2) is 10.0. The third kappa shape index (κ3) is 5.80. The molecule has 1 aliphatic rings. The fourth-order valence-corrected chi connectivity index (χ4v) is 4.39. The van der Waals surface area contributed by atoms with Gasteiger partial charge in [0, 0.05) is 10.0 Å². The molecule has 3 aromatic carbocycles. The van der Waals surface area contributed by atoms with Crippen LogP contribution in [0.3, 0.4) is 0 Å². The number of phenolic OH excluding ortho intramolecular Hbond substituents is 1. The summed E-state index contributed by atoms with van der Waals surface area (Å²) in [6, 6.07) is 15.8. The molecule has 178 valence electrons. The van der Waals surface area contributed by atoms with Crippen LogP contribution in [0.25, 0.3) is 6.08 Å². The Morgan fingerprint density at radius 2 is 1.69 bits per heavy atom. The summed E-state index contributed by atoms with van der Waals surface area (Å²) in [5.74, 6) is -0.674. The lowest BCUT2D eigenvalue weighted by Gasteiger charge is -2.13. The Hall–Kier alpha value is -3.44. The number of carbonyl (C=O) groups excluding carboxylic acids is 2. The molecule has 3 aromatic rings. The first-order chi connectivity index (χ1) is 16.6. The predicted octanol–water partition coefficient (Wildman–Crippen LogP) is 7.83. The summed E-state index contributed by atoms with van der Waals surface area (Å²) in [6.07, 6.45) is -3.14. The number of carbonyl (C=O) groups is 2. The zero-order chi connectivity index (χ0) is 25.2. The lowest BCUT2D eigenvalue weighted by atomic mass is 10.1. The van der Waals surface area contributed by atoms with Crippen LogP contribution in [-0.2, 0) is 17.5 Å². The minimum absolute atomic E-state index is 0.00245. The maximum atomic E-state index is 12.9. The molecular weight excluding hydrogens is 547 g/mol. The Labute approximate surface area is 210 Å². The lowest BCUT2D eigenvalue weighted by molar-refractivity contribution is -0.137. The van der Waals surface area contributed by atoms with Crippen LogP contribution < -0.4 is 0 Å². The maximum Gasteiger partial charge on any atom is 0.416 e. The van der Waals surface area contributed by atoms with Crippen molar-refractivity contribution in [2.24, 2.45) is 10.2 Å². The quantitative estimate of drug-likeness (QED) is 0.254. The van der Waals surface area contributed by atoms with Crippen LogP contribution in [0.1, 0.15) is 16.7 Å². The third-order valence-electron chi connectivity index (χ3n) is 4.91. The summed E-state index contributed by atoms with van der Waals surface area (Å²) in [4.78, 5) is 26.5. The van der Waals surface area contributed by atoms with Crippen molar-refractivity contribution in [3.8, 4) is 5.75 Å². The average Bonchev–Trinajstić information content (AvgIpc) is 3.08. The van der Waals surface area contributed by atoms with Gasteiger partial charge in [-0.3, -0.25) is 14.5 Å². The van der Waals surface area contributed by atoms with E-state index in [2.05, 4.69) is 26.2 Å². The molecule has 6 nitrogen and oxygen atoms in total. The summed E-state index contributed by atoms with van der Waals surface area (Å²) in [6.45, 7) is 0.0840. The number of alkyl halides is 3. The number of azo groups is 1. The molecule has 1 saturated heterocycles. The molecule has 1 N–H and O–H groups in total. The molecular formula is C24H15BrF3N3O3S. The number of thioether (sulfide) groups is 1. The molecule has 2 amide bonds. The molecule has 1 aliphatic heterocycles. The molecule has 0 aromatic heterocycles. The zero-order valence-corrected chi connectivity index (χ0v) is 20.1. The Kier molecular flexibility index (Phi) is 7.08. The molecule has 0 unspecified atom stereocenters. The minimum Gasteiger partial charge on any atom is -0.507 e. The van der Waals surface area contributed by atoms with Crippen LogP contribution in [0.2, 0.25) is 0 Å². The van der Waals surface area contributed by atoms with Crippen LogP contribution in [0.15, 0.2) is 86.3 Å². The van der Waals surface area contributed by atoms with Gasteiger partial charge in [0.2, 0.25) is 0 Å². The van der Waals surface area contributed by atoms with Crippen molar-refractivity contribution >= 4 is 56.3 Å². The molecule has 0 bridgehead atoms. The van der Waals surface area contributed by atoms with E-state index >= 15 is 0 Å². The van der Waals surface area contributed by atoms with Crippen molar-refractivity contribution in [2.75, 3.05) is 0 Å². The molecule has 0 saturated carbocycles. The number of benzene rings is 3. The van der Waals surface area contributed by atoms with E-state index < -0.39 is 22.9 Å². The van der Waals surface area contributed by atoms with Crippen LogP contribution >= 0.6 is 27.7 Å². The first-order valence-corrected chi connectivity index (χ1v) is 11.6. The van der Waals surface area contributed by atoms with Gasteiger partial charge in [-0.05, 0) is 65.9 Å². The molecule has 0 spiro atoms. The topological polar surface area (TPSA) is 82.3 Å². The minimum atomic E-state index is -4.50. The molecule has 35 heavy (non-hydrogen) atoms. The van der Waals surface area contributed by atoms with Gasteiger partial charge in [0.1, 0.15) is 5.75 Å². The van der Waals surface area contributed by atoms with Crippen LogP contribution in [-0.4, -0.2) is 21.2 Å². The molecule has 11 heteroatoms. The Bertz CT molecular complexity index is 1380. The van der Waals surface area contributed by atoms with Crippen molar-refractivity contribution in [3.05, 3.63) is 92.8 Å². The number of nitrogens with zero attached hydrogens (tertiary/aromatic N) is 3. The first-order valence-electron chi connectivity index (χ1n) is 10.0. The van der Waals surface area contributed by atoms with Gasteiger partial charge in [0.15, 0.2) is 0 Å². The number of hydrogen-bond donors (Lipinski definition) is 1.